The van der Waals surface area contributed by atoms with Crippen LogP contribution in [0.3, 0.4) is 0 Å². The van der Waals surface area contributed by atoms with Crippen molar-refractivity contribution in [3.63, 3.8) is 0 Å². The van der Waals surface area contributed by atoms with Gasteiger partial charge in [0.05, 0.1) is 12.9 Å². The van der Waals surface area contributed by atoms with E-state index in [1.807, 2.05) is 0 Å². The number of rotatable bonds is 2. The lowest BCUT2D eigenvalue weighted by Crippen LogP contribution is -2.33. The zero-order chi connectivity index (χ0) is 13.6. The van der Waals surface area contributed by atoms with Gasteiger partial charge in [-0.1, -0.05) is 17.4 Å². The molecule has 19 heavy (non-hydrogen) atoms. The van der Waals surface area contributed by atoms with Crippen LogP contribution in [-0.2, 0) is 4.74 Å². The molecule has 0 amide bonds. The van der Waals surface area contributed by atoms with Crippen molar-refractivity contribution < 1.29 is 20.1 Å². The first-order valence-electron chi connectivity index (χ1n) is 5.54. The van der Waals surface area contributed by atoms with Crippen LogP contribution >= 0.6 is 12.2 Å². The van der Waals surface area contributed by atoms with Crippen LogP contribution in [0.4, 0.5) is 0 Å². The summed E-state index contributed by atoms with van der Waals surface area (Å²) in [6.45, 7) is -0.404. The van der Waals surface area contributed by atoms with Gasteiger partial charge >= 0.3 is 0 Å². The largest absolute Gasteiger partial charge is 0.394 e. The molecule has 1 saturated heterocycles. The molecule has 2 aromatic rings. The van der Waals surface area contributed by atoms with E-state index in [1.54, 1.807) is 0 Å². The second kappa shape index (κ2) is 4.58. The molecule has 0 aliphatic carbocycles. The van der Waals surface area contributed by atoms with Crippen LogP contribution in [0.5, 0.6) is 0 Å². The Hall–Kier alpha value is -1.46. The van der Waals surface area contributed by atoms with Crippen LogP contribution < -0.4 is 0 Å². The topological polar surface area (TPSA) is 129 Å². The van der Waals surface area contributed by atoms with E-state index in [-0.39, 0.29) is 4.64 Å². The Kier molecular flexibility index (Phi) is 3.03. The summed E-state index contributed by atoms with van der Waals surface area (Å²) in [7, 11) is 0. The molecule has 4 atom stereocenters. The minimum atomic E-state index is -1.22. The number of nitrogens with zero attached hydrogens (tertiary/aromatic N) is 4. The van der Waals surface area contributed by atoms with Crippen molar-refractivity contribution in [1.29, 1.82) is 0 Å². The van der Waals surface area contributed by atoms with Gasteiger partial charge in [0.15, 0.2) is 22.0 Å². The van der Waals surface area contributed by atoms with Crippen LogP contribution in [-0.4, -0.2) is 65.2 Å². The van der Waals surface area contributed by atoms with Crippen LogP contribution in [0, 0.1) is 4.64 Å². The highest BCUT2D eigenvalue weighted by atomic mass is 32.1. The molecule has 10 heteroatoms. The number of H-pyrrole nitrogens is 1. The fourth-order valence-electron chi connectivity index (χ4n) is 2.05. The molecule has 0 aromatic carbocycles. The number of fused-ring (bicyclic) bond motifs is 1. The normalized spacial score (nSPS) is 31.1. The summed E-state index contributed by atoms with van der Waals surface area (Å²) in [5.74, 6) is 0. The fourth-order valence-corrected chi connectivity index (χ4v) is 2.24. The van der Waals surface area contributed by atoms with Gasteiger partial charge in [-0.3, -0.25) is 0 Å². The lowest BCUT2D eigenvalue weighted by molar-refractivity contribution is -0.0574. The molecule has 2 aromatic heterocycles. The predicted molar refractivity (Wildman–Crippen MR) is 63.5 cm³/mol. The summed E-state index contributed by atoms with van der Waals surface area (Å²) in [4.78, 5) is 6.67. The second-order valence-electron chi connectivity index (χ2n) is 4.17. The first-order valence-corrected chi connectivity index (χ1v) is 5.95. The summed E-state index contributed by atoms with van der Waals surface area (Å²) in [6.07, 6.45) is -2.86. The average molecular weight is 285 g/mol. The molecule has 102 valence electrons. The fraction of sp³-hybridized carbons (Fsp3) is 0.556. The van der Waals surface area contributed by atoms with E-state index in [0.717, 1.165) is 0 Å². The molecular weight excluding hydrogens is 274 g/mol. The number of aromatic nitrogens is 5. The molecule has 0 bridgehead atoms. The molecule has 1 fully saturated rings. The maximum Gasteiger partial charge on any atom is 0.183 e. The lowest BCUT2D eigenvalue weighted by Gasteiger charge is -2.14. The van der Waals surface area contributed by atoms with E-state index in [9.17, 15) is 10.2 Å². The number of aliphatic hydroxyl groups excluding tert-OH is 3. The Balaban J connectivity index is 2.06. The SMILES string of the molecule is OC[C@H]1O[C@@H](n2nnc3c(=S)nc[nH]c32)[C@H](O)[C@@H]1O. The number of nitrogens with one attached hydrogen (secondary N) is 1. The van der Waals surface area contributed by atoms with Crippen LogP contribution in [0.1, 0.15) is 6.23 Å². The third-order valence-corrected chi connectivity index (χ3v) is 3.34. The van der Waals surface area contributed by atoms with E-state index < -0.39 is 31.1 Å². The summed E-state index contributed by atoms with van der Waals surface area (Å²) >= 11 is 5.00. The van der Waals surface area contributed by atoms with Gasteiger partial charge in [0.25, 0.3) is 0 Å². The maximum atomic E-state index is 9.93. The van der Waals surface area contributed by atoms with Crippen molar-refractivity contribution in [2.24, 2.45) is 0 Å². The molecule has 4 N–H and O–H groups in total. The van der Waals surface area contributed by atoms with E-state index in [1.165, 1.54) is 11.0 Å². The van der Waals surface area contributed by atoms with Crippen molar-refractivity contribution in [3.05, 3.63) is 11.0 Å². The highest BCUT2D eigenvalue weighted by Crippen LogP contribution is 2.30. The smallest absolute Gasteiger partial charge is 0.183 e. The third-order valence-electron chi connectivity index (χ3n) is 3.04. The van der Waals surface area contributed by atoms with Gasteiger partial charge in [-0.2, -0.15) is 4.68 Å². The maximum absolute atomic E-state index is 9.93. The predicted octanol–water partition coefficient (Wildman–Crippen LogP) is -1.50. The van der Waals surface area contributed by atoms with Crippen LogP contribution in [0.15, 0.2) is 6.33 Å². The Labute approximate surface area is 111 Å². The Morgan fingerprint density at radius 2 is 2.21 bits per heavy atom. The number of hydrogen-bond acceptors (Lipinski definition) is 8. The van der Waals surface area contributed by atoms with Gasteiger partial charge in [-0.15, -0.1) is 5.10 Å². The average Bonchev–Trinajstić information content (AvgIpc) is 2.94. The van der Waals surface area contributed by atoms with Gasteiger partial charge in [0.2, 0.25) is 0 Å². The van der Waals surface area contributed by atoms with Crippen molar-refractivity contribution in [3.8, 4) is 0 Å². The molecule has 1 aliphatic heterocycles. The molecule has 3 heterocycles. The second-order valence-corrected chi connectivity index (χ2v) is 4.55. The first kappa shape index (κ1) is 12.6. The lowest BCUT2D eigenvalue weighted by atomic mass is 10.1. The van der Waals surface area contributed by atoms with E-state index in [4.69, 9.17) is 22.1 Å². The van der Waals surface area contributed by atoms with Crippen molar-refractivity contribution in [1.82, 2.24) is 25.0 Å². The van der Waals surface area contributed by atoms with E-state index in [0.29, 0.717) is 11.2 Å². The molecule has 0 spiro atoms. The van der Waals surface area contributed by atoms with E-state index >= 15 is 0 Å². The highest BCUT2D eigenvalue weighted by Gasteiger charge is 2.44. The van der Waals surface area contributed by atoms with Gasteiger partial charge < -0.3 is 25.0 Å². The zero-order valence-corrected chi connectivity index (χ0v) is 10.4. The minimum Gasteiger partial charge on any atom is -0.394 e. The molecule has 9 nitrogen and oxygen atoms in total. The molecule has 1 aliphatic rings. The van der Waals surface area contributed by atoms with Crippen molar-refractivity contribution in [2.75, 3.05) is 6.61 Å². The van der Waals surface area contributed by atoms with E-state index in [2.05, 4.69) is 20.3 Å². The Morgan fingerprint density at radius 3 is 2.89 bits per heavy atom. The highest BCUT2D eigenvalue weighted by molar-refractivity contribution is 7.71. The van der Waals surface area contributed by atoms with Gasteiger partial charge in [-0.25, -0.2) is 4.98 Å². The molecular formula is C9H11N5O4S. The summed E-state index contributed by atoms with van der Waals surface area (Å²) < 4.78 is 6.91. The number of hydrogen-bond donors (Lipinski definition) is 4. The Bertz CT molecular complexity index is 657. The standard InChI is InChI=1S/C9H11N5O4S/c15-1-3-5(16)6(17)9(18-3)14-7-4(12-13-14)8(19)11-2-10-7/h2-3,5-6,9,15-17H,1H2,(H,10,11,19)/t3-,5-,6-,9-/m1/s1. The van der Waals surface area contributed by atoms with Gasteiger partial charge in [-0.05, 0) is 0 Å². The quantitative estimate of drug-likeness (QED) is 0.490. The van der Waals surface area contributed by atoms with Crippen LogP contribution in [0.25, 0.3) is 11.2 Å². The molecule has 0 unspecified atom stereocenters. The van der Waals surface area contributed by atoms with Crippen LogP contribution in [0.2, 0.25) is 0 Å². The third kappa shape index (κ3) is 1.84. The summed E-state index contributed by atoms with van der Waals surface area (Å²) in [6, 6.07) is 0. The molecule has 0 saturated carbocycles. The first-order chi connectivity index (χ1) is 9.13. The van der Waals surface area contributed by atoms with Crippen molar-refractivity contribution in [2.45, 2.75) is 24.5 Å². The monoisotopic (exact) mass is 285 g/mol. The molecule has 3 rings (SSSR count). The zero-order valence-electron chi connectivity index (χ0n) is 9.54. The van der Waals surface area contributed by atoms with Gasteiger partial charge in [0.1, 0.15) is 18.3 Å². The minimum absolute atomic E-state index is 0.270. The molecule has 0 radical (unpaired) electrons. The number of aromatic amines is 1. The number of aliphatic hydroxyl groups is 3. The van der Waals surface area contributed by atoms with Crippen molar-refractivity contribution >= 4 is 23.4 Å². The Morgan fingerprint density at radius 1 is 1.42 bits per heavy atom. The summed E-state index contributed by atoms with van der Waals surface area (Å²) in [5, 5.41) is 36.4. The number of ether oxygens (including phenoxy) is 1. The van der Waals surface area contributed by atoms with Gasteiger partial charge in [0, 0.05) is 0 Å². The summed E-state index contributed by atoms with van der Waals surface area (Å²) in [5.41, 5.74) is 0.796.